The molecule has 0 aliphatic rings. The minimum Gasteiger partial charge on any atom is -0.493 e. The monoisotopic (exact) mass is 511 g/mol. The number of tetrazole rings is 1. The summed E-state index contributed by atoms with van der Waals surface area (Å²) in [6.07, 6.45) is 1.01. The van der Waals surface area contributed by atoms with E-state index in [2.05, 4.69) is 36.8 Å². The van der Waals surface area contributed by atoms with Crippen LogP contribution in [0, 0.1) is 0 Å². The average Bonchev–Trinajstić information content (AvgIpc) is 3.15. The first kappa shape index (κ1) is 22.9. The molecule has 3 rings (SSSR count). The minimum absolute atomic E-state index is 0.366. The van der Waals surface area contributed by atoms with Gasteiger partial charge in [-0.05, 0) is 63.1 Å². The maximum absolute atomic E-state index is 6.22. The zero-order chi connectivity index (χ0) is 21.3. The quantitative estimate of drug-likeness (QED) is 0.300. The molecule has 3 aromatic rings. The fraction of sp³-hybridized carbons (Fsp3) is 0.350. The highest BCUT2D eigenvalue weighted by molar-refractivity contribution is 9.10. The third-order valence-electron chi connectivity index (χ3n) is 4.26. The second kappa shape index (κ2) is 11.5. The molecule has 0 atom stereocenters. The highest BCUT2D eigenvalue weighted by Gasteiger charge is 2.13. The van der Waals surface area contributed by atoms with Gasteiger partial charge in [0.15, 0.2) is 11.5 Å². The minimum atomic E-state index is 0.366. The molecule has 0 amide bonds. The maximum Gasteiger partial charge on any atom is 0.209 e. The molecule has 0 fully saturated rings. The summed E-state index contributed by atoms with van der Waals surface area (Å²) in [4.78, 5) is 0. The molecule has 0 saturated carbocycles. The Kier molecular flexibility index (Phi) is 8.80. The molecule has 2 aromatic carbocycles. The Labute approximate surface area is 193 Å². The molecule has 160 valence electrons. The van der Waals surface area contributed by atoms with Crippen LogP contribution in [0.4, 0.5) is 0 Å². The Morgan fingerprint density at radius 2 is 2.10 bits per heavy atom. The first-order valence-electron chi connectivity index (χ1n) is 9.37. The van der Waals surface area contributed by atoms with Crippen LogP contribution in [-0.2, 0) is 20.2 Å². The van der Waals surface area contributed by atoms with Crippen molar-refractivity contribution in [1.29, 1.82) is 0 Å². The van der Waals surface area contributed by atoms with Gasteiger partial charge in [-0.25, -0.2) is 4.68 Å². The third-order valence-corrected chi connectivity index (χ3v) is 6.31. The van der Waals surface area contributed by atoms with Crippen LogP contribution in [0.15, 0.2) is 46.0 Å². The van der Waals surface area contributed by atoms with Crippen LogP contribution in [-0.4, -0.2) is 39.6 Å². The van der Waals surface area contributed by atoms with Gasteiger partial charge in [-0.15, -0.1) is 5.10 Å². The van der Waals surface area contributed by atoms with Gasteiger partial charge in [0.1, 0.15) is 6.61 Å². The molecule has 1 N–H and O–H groups in total. The molecule has 0 saturated heterocycles. The fourth-order valence-electron chi connectivity index (χ4n) is 2.72. The zero-order valence-electron chi connectivity index (χ0n) is 16.8. The number of nitrogens with zero attached hydrogens (tertiary/aromatic N) is 4. The van der Waals surface area contributed by atoms with E-state index in [4.69, 9.17) is 21.1 Å². The van der Waals surface area contributed by atoms with E-state index in [9.17, 15) is 0 Å². The molecule has 0 spiro atoms. The van der Waals surface area contributed by atoms with E-state index in [1.807, 2.05) is 43.4 Å². The summed E-state index contributed by atoms with van der Waals surface area (Å²) in [5, 5.41) is 16.4. The second-order valence-electron chi connectivity index (χ2n) is 6.45. The molecule has 30 heavy (non-hydrogen) atoms. The molecule has 10 heteroatoms. The number of hydrogen-bond donors (Lipinski definition) is 1. The molecular weight excluding hydrogens is 490 g/mol. The number of ether oxygens (including phenoxy) is 2. The number of thioether (sulfide) groups is 1. The van der Waals surface area contributed by atoms with E-state index < -0.39 is 0 Å². The van der Waals surface area contributed by atoms with Crippen LogP contribution in [0.3, 0.4) is 0 Å². The number of methoxy groups -OCH3 is 1. The van der Waals surface area contributed by atoms with E-state index in [0.29, 0.717) is 23.1 Å². The van der Waals surface area contributed by atoms with Crippen molar-refractivity contribution in [2.45, 2.75) is 24.7 Å². The van der Waals surface area contributed by atoms with E-state index >= 15 is 0 Å². The molecule has 0 unspecified atom stereocenters. The summed E-state index contributed by atoms with van der Waals surface area (Å²) in [5.74, 6) is 2.29. The van der Waals surface area contributed by atoms with Gasteiger partial charge in [0.05, 0.1) is 11.6 Å². The standard InChI is InChI=1S/C20H23BrClN5O2S/c1-27-20(24-25-26-27)30-9-5-8-23-12-14-10-16(21)19(18(11-14)28-2)29-13-15-6-3-4-7-17(15)22/h3-4,6-7,10-11,23H,5,8-9,12-13H2,1-2H3. The first-order chi connectivity index (χ1) is 14.6. The molecule has 0 aliphatic carbocycles. The van der Waals surface area contributed by atoms with Gasteiger partial charge < -0.3 is 14.8 Å². The Hall–Kier alpha value is -1.81. The Morgan fingerprint density at radius 3 is 2.83 bits per heavy atom. The van der Waals surface area contributed by atoms with Crippen LogP contribution >= 0.6 is 39.3 Å². The summed E-state index contributed by atoms with van der Waals surface area (Å²) < 4.78 is 14.0. The highest BCUT2D eigenvalue weighted by atomic mass is 79.9. The lowest BCUT2D eigenvalue weighted by molar-refractivity contribution is 0.282. The second-order valence-corrected chi connectivity index (χ2v) is 8.78. The van der Waals surface area contributed by atoms with Crippen molar-refractivity contribution in [2.24, 2.45) is 7.05 Å². The summed E-state index contributed by atoms with van der Waals surface area (Å²) in [6, 6.07) is 11.7. The van der Waals surface area contributed by atoms with Crippen LogP contribution < -0.4 is 14.8 Å². The van der Waals surface area contributed by atoms with Gasteiger partial charge in [0.2, 0.25) is 5.16 Å². The SMILES string of the molecule is COc1cc(CNCCCSc2nnnn2C)cc(Br)c1OCc1ccccc1Cl. The molecule has 0 aliphatic heterocycles. The summed E-state index contributed by atoms with van der Waals surface area (Å²) >= 11 is 11.5. The van der Waals surface area contributed by atoms with Crippen LogP contribution in [0.1, 0.15) is 17.5 Å². The number of nitrogens with one attached hydrogen (secondary N) is 1. The maximum atomic E-state index is 6.22. The van der Waals surface area contributed by atoms with E-state index in [1.165, 1.54) is 0 Å². The Balaban J connectivity index is 1.49. The van der Waals surface area contributed by atoms with Gasteiger partial charge in [-0.2, -0.15) is 0 Å². The number of aryl methyl sites for hydroxylation is 1. The van der Waals surface area contributed by atoms with Crippen LogP contribution in [0.2, 0.25) is 5.02 Å². The van der Waals surface area contributed by atoms with Crippen molar-refractivity contribution in [3.8, 4) is 11.5 Å². The first-order valence-corrected chi connectivity index (χ1v) is 11.5. The lowest BCUT2D eigenvalue weighted by Gasteiger charge is -2.15. The number of aromatic nitrogens is 4. The molecular formula is C20H23BrClN5O2S. The number of hydrogen-bond acceptors (Lipinski definition) is 7. The molecule has 0 radical (unpaired) electrons. The van der Waals surface area contributed by atoms with Gasteiger partial charge in [0.25, 0.3) is 0 Å². The smallest absolute Gasteiger partial charge is 0.209 e. The van der Waals surface area contributed by atoms with E-state index in [0.717, 1.165) is 46.0 Å². The summed E-state index contributed by atoms with van der Waals surface area (Å²) in [5.41, 5.74) is 2.03. The van der Waals surface area contributed by atoms with Crippen molar-refractivity contribution in [1.82, 2.24) is 25.5 Å². The highest BCUT2D eigenvalue weighted by Crippen LogP contribution is 2.37. The number of rotatable bonds is 11. The predicted octanol–water partition coefficient (Wildman–Crippen LogP) is 4.49. The van der Waals surface area contributed by atoms with Crippen LogP contribution in [0.5, 0.6) is 11.5 Å². The topological polar surface area (TPSA) is 74.1 Å². The lowest BCUT2D eigenvalue weighted by Crippen LogP contribution is -2.15. The van der Waals surface area contributed by atoms with Gasteiger partial charge in [-0.3, -0.25) is 0 Å². The Morgan fingerprint density at radius 1 is 1.27 bits per heavy atom. The Bertz CT molecular complexity index is 972. The predicted molar refractivity (Wildman–Crippen MR) is 122 cm³/mol. The van der Waals surface area contributed by atoms with Gasteiger partial charge >= 0.3 is 0 Å². The third kappa shape index (κ3) is 6.34. The van der Waals surface area contributed by atoms with Gasteiger partial charge in [-0.1, -0.05) is 41.6 Å². The van der Waals surface area contributed by atoms with Crippen molar-refractivity contribution in [2.75, 3.05) is 19.4 Å². The van der Waals surface area contributed by atoms with E-state index in [-0.39, 0.29) is 0 Å². The average molecular weight is 513 g/mol. The number of halogens is 2. The lowest BCUT2D eigenvalue weighted by atomic mass is 10.2. The van der Waals surface area contributed by atoms with Crippen molar-refractivity contribution >= 4 is 39.3 Å². The zero-order valence-corrected chi connectivity index (χ0v) is 19.9. The summed E-state index contributed by atoms with van der Waals surface area (Å²) in [7, 11) is 3.48. The fourth-order valence-corrected chi connectivity index (χ4v) is 4.30. The van der Waals surface area contributed by atoms with Gasteiger partial charge in [0, 0.05) is 29.9 Å². The van der Waals surface area contributed by atoms with E-state index in [1.54, 1.807) is 23.6 Å². The summed E-state index contributed by atoms with van der Waals surface area (Å²) in [6.45, 7) is 1.99. The molecule has 1 aromatic heterocycles. The molecule has 7 nitrogen and oxygen atoms in total. The molecule has 1 heterocycles. The number of benzene rings is 2. The van der Waals surface area contributed by atoms with Crippen molar-refractivity contribution in [3.63, 3.8) is 0 Å². The molecule has 0 bridgehead atoms. The largest absolute Gasteiger partial charge is 0.493 e. The normalized spacial score (nSPS) is 10.9. The van der Waals surface area contributed by atoms with Crippen molar-refractivity contribution < 1.29 is 9.47 Å². The van der Waals surface area contributed by atoms with Crippen molar-refractivity contribution in [3.05, 3.63) is 57.0 Å². The van der Waals surface area contributed by atoms with Crippen LogP contribution in [0.25, 0.3) is 0 Å².